The fourth-order valence-electron chi connectivity index (χ4n) is 4.81. The maximum atomic E-state index is 14.1. The summed E-state index contributed by atoms with van der Waals surface area (Å²) >= 11 is 0. The molecule has 8 nitrogen and oxygen atoms in total. The Kier molecular flexibility index (Phi) is 8.13. The Hall–Kier alpha value is -4.30. The van der Waals surface area contributed by atoms with E-state index in [0.29, 0.717) is 36.1 Å². The van der Waals surface area contributed by atoms with E-state index in [1.165, 1.54) is 0 Å². The van der Waals surface area contributed by atoms with E-state index < -0.39 is 6.04 Å². The fourth-order valence-corrected chi connectivity index (χ4v) is 4.81. The molecule has 5 rings (SSSR count). The molecule has 1 aliphatic rings. The lowest BCUT2D eigenvalue weighted by Crippen LogP contribution is -2.45. The summed E-state index contributed by atoms with van der Waals surface area (Å²) in [5.74, 6) is 1.12. The summed E-state index contributed by atoms with van der Waals surface area (Å²) in [6.45, 7) is 3.07. The van der Waals surface area contributed by atoms with Gasteiger partial charge in [-0.05, 0) is 67.3 Å². The monoisotopic (exact) mass is 527 g/mol. The second-order valence-corrected chi connectivity index (χ2v) is 9.66. The molecule has 0 spiro atoms. The molecule has 1 saturated heterocycles. The first-order chi connectivity index (χ1) is 19.0. The topological polar surface area (TPSA) is 96.8 Å². The van der Waals surface area contributed by atoms with Crippen LogP contribution in [0.15, 0.2) is 83.3 Å². The van der Waals surface area contributed by atoms with E-state index in [9.17, 15) is 9.59 Å². The molecule has 39 heavy (non-hydrogen) atoms. The molecule has 3 heterocycles. The van der Waals surface area contributed by atoms with Crippen LogP contribution < -0.4 is 10.1 Å². The predicted molar refractivity (Wildman–Crippen MR) is 147 cm³/mol. The van der Waals surface area contributed by atoms with Crippen molar-refractivity contribution in [3.05, 3.63) is 102 Å². The van der Waals surface area contributed by atoms with Crippen LogP contribution >= 0.6 is 0 Å². The van der Waals surface area contributed by atoms with Gasteiger partial charge in [-0.3, -0.25) is 9.59 Å². The minimum atomic E-state index is -0.988. The number of aromatic amines is 1. The zero-order valence-corrected chi connectivity index (χ0v) is 22.2. The van der Waals surface area contributed by atoms with Crippen LogP contribution in [0.4, 0.5) is 0 Å². The second-order valence-electron chi connectivity index (χ2n) is 9.66. The summed E-state index contributed by atoms with van der Waals surface area (Å²) in [5, 5.41) is 3.01. The van der Waals surface area contributed by atoms with E-state index in [0.717, 1.165) is 29.7 Å². The number of hydrogen-bond acceptors (Lipinski definition) is 5. The summed E-state index contributed by atoms with van der Waals surface area (Å²) in [4.78, 5) is 32.7. The molecule has 0 aliphatic carbocycles. The predicted octanol–water partition coefficient (Wildman–Crippen LogP) is 5.27. The smallest absolute Gasteiger partial charge is 0.271 e. The van der Waals surface area contributed by atoms with Crippen molar-refractivity contribution >= 4 is 11.8 Å². The Bertz CT molecular complexity index is 1390. The van der Waals surface area contributed by atoms with E-state index in [2.05, 4.69) is 10.3 Å². The number of nitrogens with one attached hydrogen (secondary N) is 2. The molecule has 1 fully saturated rings. The van der Waals surface area contributed by atoms with Crippen LogP contribution in [0.2, 0.25) is 0 Å². The first-order valence-electron chi connectivity index (χ1n) is 13.2. The largest absolute Gasteiger partial charge is 0.497 e. The number of ether oxygens (including phenoxy) is 2. The first kappa shape index (κ1) is 26.3. The highest BCUT2D eigenvalue weighted by molar-refractivity contribution is 5.97. The highest BCUT2D eigenvalue weighted by atomic mass is 16.5. The third kappa shape index (κ3) is 6.23. The van der Waals surface area contributed by atoms with E-state index in [1.54, 1.807) is 30.2 Å². The Labute approximate surface area is 227 Å². The summed E-state index contributed by atoms with van der Waals surface area (Å²) in [7, 11) is 1.61. The molecule has 1 aliphatic heterocycles. The van der Waals surface area contributed by atoms with Gasteiger partial charge in [-0.1, -0.05) is 42.5 Å². The normalized spacial score (nSPS) is 15.6. The number of methoxy groups -OCH3 is 1. The number of aryl methyl sites for hydroxylation is 1. The van der Waals surface area contributed by atoms with Gasteiger partial charge in [0.1, 0.15) is 23.0 Å². The van der Waals surface area contributed by atoms with Crippen molar-refractivity contribution in [1.82, 2.24) is 15.2 Å². The van der Waals surface area contributed by atoms with Gasteiger partial charge in [0.05, 0.1) is 13.2 Å². The Balaban J connectivity index is 1.49. The number of carbonyl (C=O) groups is 2. The van der Waals surface area contributed by atoms with Gasteiger partial charge in [-0.15, -0.1) is 0 Å². The summed E-state index contributed by atoms with van der Waals surface area (Å²) in [6.07, 6.45) is 1.83. The first-order valence-corrected chi connectivity index (χ1v) is 13.2. The number of H-pyrrole nitrogens is 1. The number of benzene rings is 2. The molecule has 8 heteroatoms. The number of hydrogen-bond donors (Lipinski definition) is 2. The summed E-state index contributed by atoms with van der Waals surface area (Å²) < 4.78 is 16.9. The van der Waals surface area contributed by atoms with Gasteiger partial charge in [0.2, 0.25) is 0 Å². The zero-order chi connectivity index (χ0) is 27.2. The van der Waals surface area contributed by atoms with Crippen molar-refractivity contribution in [3.63, 3.8) is 0 Å². The average Bonchev–Trinajstić information content (AvgIpc) is 3.75. The maximum Gasteiger partial charge on any atom is 0.271 e. The Morgan fingerprint density at radius 2 is 1.85 bits per heavy atom. The van der Waals surface area contributed by atoms with Crippen LogP contribution in [0.3, 0.4) is 0 Å². The second kappa shape index (κ2) is 12.0. The van der Waals surface area contributed by atoms with Crippen molar-refractivity contribution in [2.45, 2.75) is 38.5 Å². The lowest BCUT2D eigenvalue weighted by atomic mass is 10.1. The third-order valence-electron chi connectivity index (χ3n) is 6.89. The Morgan fingerprint density at radius 1 is 1.05 bits per heavy atom. The number of amides is 2. The molecule has 2 N–H and O–H groups in total. The van der Waals surface area contributed by atoms with Gasteiger partial charge >= 0.3 is 0 Å². The van der Waals surface area contributed by atoms with Gasteiger partial charge in [0, 0.05) is 25.4 Å². The number of furan rings is 1. The molecular formula is C31H33N3O5. The lowest BCUT2D eigenvalue weighted by molar-refractivity contribution is -0.127. The van der Waals surface area contributed by atoms with Gasteiger partial charge < -0.3 is 29.1 Å². The third-order valence-corrected chi connectivity index (χ3v) is 6.89. The molecule has 202 valence electrons. The molecular weight excluding hydrogens is 494 g/mol. The molecule has 0 saturated carbocycles. The molecule has 2 amide bonds. The van der Waals surface area contributed by atoms with Crippen molar-refractivity contribution in [2.24, 2.45) is 0 Å². The SMILES string of the molecule is COc1ccc(CN(C(=O)c2ccc(-c3ccccc3)[nH]2)[C@H](C(=O)NC[C@@H]2CCCO2)c2ccc(C)o2)cc1. The number of nitrogens with zero attached hydrogens (tertiary/aromatic N) is 1. The number of carbonyl (C=O) groups excluding carboxylic acids is 2. The van der Waals surface area contributed by atoms with Crippen molar-refractivity contribution in [3.8, 4) is 17.0 Å². The van der Waals surface area contributed by atoms with Crippen LogP contribution in [-0.2, 0) is 16.1 Å². The van der Waals surface area contributed by atoms with E-state index in [-0.39, 0.29) is 24.5 Å². The van der Waals surface area contributed by atoms with Crippen LogP contribution in [0.25, 0.3) is 11.3 Å². The number of rotatable bonds is 10. The summed E-state index contributed by atoms with van der Waals surface area (Å²) in [6, 6.07) is 23.4. The average molecular weight is 528 g/mol. The van der Waals surface area contributed by atoms with Gasteiger partial charge in [0.15, 0.2) is 6.04 Å². The van der Waals surface area contributed by atoms with Crippen LogP contribution in [0.5, 0.6) is 5.75 Å². The quantitative estimate of drug-likeness (QED) is 0.293. The molecule has 0 radical (unpaired) electrons. The molecule has 4 aromatic rings. The van der Waals surface area contributed by atoms with Gasteiger partial charge in [-0.2, -0.15) is 0 Å². The highest BCUT2D eigenvalue weighted by Gasteiger charge is 2.35. The molecule has 0 bridgehead atoms. The standard InChI is InChI=1S/C31H33N3O5/c1-21-10-17-28(39-21)29(30(35)32-19-25-9-6-18-38-25)34(20-22-11-13-24(37-2)14-12-22)31(36)27-16-15-26(33-27)23-7-4-3-5-8-23/h3-5,7-8,10-17,25,29,33H,6,9,18-20H2,1-2H3,(H,32,35)/t25-,29-/m0/s1. The highest BCUT2D eigenvalue weighted by Crippen LogP contribution is 2.29. The lowest BCUT2D eigenvalue weighted by Gasteiger charge is -2.30. The van der Waals surface area contributed by atoms with Crippen molar-refractivity contribution < 1.29 is 23.5 Å². The zero-order valence-electron chi connectivity index (χ0n) is 22.2. The molecule has 2 atom stereocenters. The van der Waals surface area contributed by atoms with Crippen LogP contribution in [0, 0.1) is 6.92 Å². The van der Waals surface area contributed by atoms with Gasteiger partial charge in [0.25, 0.3) is 11.8 Å². The minimum Gasteiger partial charge on any atom is -0.497 e. The maximum absolute atomic E-state index is 14.1. The van der Waals surface area contributed by atoms with E-state index >= 15 is 0 Å². The van der Waals surface area contributed by atoms with Crippen molar-refractivity contribution in [2.75, 3.05) is 20.3 Å². The van der Waals surface area contributed by atoms with Crippen molar-refractivity contribution in [1.29, 1.82) is 0 Å². The van der Waals surface area contributed by atoms with Crippen LogP contribution in [-0.4, -0.2) is 48.1 Å². The van der Waals surface area contributed by atoms with E-state index in [1.807, 2.05) is 67.6 Å². The van der Waals surface area contributed by atoms with Crippen LogP contribution in [0.1, 0.15) is 46.5 Å². The Morgan fingerprint density at radius 3 is 2.51 bits per heavy atom. The molecule has 2 aromatic heterocycles. The number of aromatic nitrogens is 1. The van der Waals surface area contributed by atoms with E-state index in [4.69, 9.17) is 13.9 Å². The minimum absolute atomic E-state index is 0.0319. The van der Waals surface area contributed by atoms with Gasteiger partial charge in [-0.25, -0.2) is 0 Å². The summed E-state index contributed by atoms with van der Waals surface area (Å²) in [5.41, 5.74) is 3.00. The molecule has 2 aromatic carbocycles. The fraction of sp³-hybridized carbons (Fsp3) is 0.290. The molecule has 0 unspecified atom stereocenters.